The average molecular weight is 396 g/mol. The first kappa shape index (κ1) is 20.1. The highest BCUT2D eigenvalue weighted by atomic mass is 19.1. The van der Waals surface area contributed by atoms with Crippen LogP contribution in [0.3, 0.4) is 0 Å². The van der Waals surface area contributed by atoms with Gasteiger partial charge in [0, 0.05) is 18.3 Å². The summed E-state index contributed by atoms with van der Waals surface area (Å²) in [5, 5.41) is 14.6. The second-order valence-corrected chi connectivity index (χ2v) is 6.46. The molecule has 0 aliphatic heterocycles. The molecule has 29 heavy (non-hydrogen) atoms. The summed E-state index contributed by atoms with van der Waals surface area (Å²) in [6.45, 7) is 1.71. The maximum Gasteiger partial charge on any atom is 0.246 e. The van der Waals surface area contributed by atoms with Gasteiger partial charge in [0.1, 0.15) is 12.4 Å². The fraction of sp³-hybridized carbons (Fsp3) is 0.250. The molecule has 8 nitrogen and oxygen atoms in total. The second kappa shape index (κ2) is 9.05. The van der Waals surface area contributed by atoms with Crippen LogP contribution in [-0.2, 0) is 22.6 Å². The molecule has 2 aromatic carbocycles. The van der Waals surface area contributed by atoms with Crippen molar-refractivity contribution >= 4 is 17.5 Å². The van der Waals surface area contributed by atoms with Gasteiger partial charge in [-0.1, -0.05) is 37.3 Å². The van der Waals surface area contributed by atoms with E-state index in [0.29, 0.717) is 5.56 Å². The third kappa shape index (κ3) is 5.22. The predicted octanol–water partition coefficient (Wildman–Crippen LogP) is 2.14. The number of rotatable bonds is 7. The van der Waals surface area contributed by atoms with Crippen molar-refractivity contribution in [1.29, 1.82) is 0 Å². The summed E-state index contributed by atoms with van der Waals surface area (Å²) in [6, 6.07) is 13.3. The van der Waals surface area contributed by atoms with Gasteiger partial charge in [-0.2, -0.15) is 4.80 Å². The first-order valence-corrected chi connectivity index (χ1v) is 9.11. The minimum atomic E-state index is -0.412. The van der Waals surface area contributed by atoms with E-state index >= 15 is 0 Å². The number of nitrogens with one attached hydrogen (secondary N) is 1. The van der Waals surface area contributed by atoms with E-state index in [-0.39, 0.29) is 30.7 Å². The fourth-order valence-electron chi connectivity index (χ4n) is 2.74. The van der Waals surface area contributed by atoms with Gasteiger partial charge in [0.15, 0.2) is 0 Å². The van der Waals surface area contributed by atoms with Gasteiger partial charge in [-0.05, 0) is 35.4 Å². The Morgan fingerprint density at radius 3 is 2.72 bits per heavy atom. The average Bonchev–Trinajstić information content (AvgIpc) is 3.16. The molecule has 0 unspecified atom stereocenters. The number of benzene rings is 2. The van der Waals surface area contributed by atoms with E-state index in [1.54, 1.807) is 12.1 Å². The molecule has 1 N–H and O–H groups in total. The van der Waals surface area contributed by atoms with Crippen LogP contribution in [-0.4, -0.2) is 50.5 Å². The summed E-state index contributed by atoms with van der Waals surface area (Å²) >= 11 is 0. The van der Waals surface area contributed by atoms with Crippen LogP contribution in [0, 0.1) is 5.82 Å². The summed E-state index contributed by atoms with van der Waals surface area (Å²) in [6.07, 6.45) is 0.789. The fourth-order valence-corrected chi connectivity index (χ4v) is 2.74. The second-order valence-electron chi connectivity index (χ2n) is 6.46. The van der Waals surface area contributed by atoms with Crippen LogP contribution in [0.1, 0.15) is 12.5 Å². The molecule has 0 fully saturated rings. The van der Waals surface area contributed by atoms with Crippen molar-refractivity contribution in [2.75, 3.05) is 18.9 Å². The zero-order chi connectivity index (χ0) is 20.8. The van der Waals surface area contributed by atoms with E-state index < -0.39 is 5.82 Å². The topological polar surface area (TPSA) is 93.0 Å². The highest BCUT2D eigenvalue weighted by Crippen LogP contribution is 2.16. The Hall–Kier alpha value is -3.62. The molecule has 1 heterocycles. The zero-order valence-electron chi connectivity index (χ0n) is 16.2. The standard InChI is InChI=1S/C20H21FN6O2/c1-3-14-7-4-5-10-17(14)22-18(28)12-26(2)19(29)13-27-24-20(23-25-27)15-8-6-9-16(21)11-15/h4-11H,3,12-13H2,1-2H3,(H,22,28). The summed E-state index contributed by atoms with van der Waals surface area (Å²) in [5.41, 5.74) is 2.22. The van der Waals surface area contributed by atoms with E-state index in [0.717, 1.165) is 22.5 Å². The van der Waals surface area contributed by atoms with Gasteiger partial charge in [-0.3, -0.25) is 9.59 Å². The van der Waals surface area contributed by atoms with Gasteiger partial charge < -0.3 is 10.2 Å². The summed E-state index contributed by atoms with van der Waals surface area (Å²) in [4.78, 5) is 27.1. The van der Waals surface area contributed by atoms with E-state index in [1.807, 2.05) is 31.2 Å². The number of carbonyl (C=O) groups is 2. The molecule has 150 valence electrons. The minimum absolute atomic E-state index is 0.109. The number of aryl methyl sites for hydroxylation is 1. The maximum atomic E-state index is 13.3. The SMILES string of the molecule is CCc1ccccc1NC(=O)CN(C)C(=O)Cn1nnc(-c2cccc(F)c2)n1. The molecule has 0 saturated heterocycles. The lowest BCUT2D eigenvalue weighted by molar-refractivity contribution is -0.134. The van der Waals surface area contributed by atoms with Crippen molar-refractivity contribution in [3.63, 3.8) is 0 Å². The molecular weight excluding hydrogens is 375 g/mol. The van der Waals surface area contributed by atoms with E-state index in [2.05, 4.69) is 20.7 Å². The first-order chi connectivity index (χ1) is 14.0. The lowest BCUT2D eigenvalue weighted by atomic mass is 10.1. The van der Waals surface area contributed by atoms with Crippen molar-refractivity contribution in [2.24, 2.45) is 0 Å². The Labute approximate surface area is 167 Å². The molecule has 0 radical (unpaired) electrons. The number of nitrogens with zero attached hydrogens (tertiary/aromatic N) is 5. The summed E-state index contributed by atoms with van der Waals surface area (Å²) in [7, 11) is 1.53. The molecule has 9 heteroatoms. The van der Waals surface area contributed by atoms with Crippen molar-refractivity contribution in [3.8, 4) is 11.4 Å². The number of halogens is 1. The van der Waals surface area contributed by atoms with Gasteiger partial charge in [0.05, 0.1) is 6.54 Å². The first-order valence-electron chi connectivity index (χ1n) is 9.11. The van der Waals surface area contributed by atoms with E-state index in [4.69, 9.17) is 0 Å². The number of para-hydroxylation sites is 1. The highest BCUT2D eigenvalue weighted by molar-refractivity contribution is 5.95. The van der Waals surface area contributed by atoms with Crippen LogP contribution >= 0.6 is 0 Å². The number of anilines is 1. The third-order valence-electron chi connectivity index (χ3n) is 4.29. The molecule has 2 amide bonds. The minimum Gasteiger partial charge on any atom is -0.335 e. The Kier molecular flexibility index (Phi) is 6.28. The van der Waals surface area contributed by atoms with Crippen molar-refractivity contribution in [1.82, 2.24) is 25.1 Å². The summed E-state index contributed by atoms with van der Waals surface area (Å²) < 4.78 is 13.3. The van der Waals surface area contributed by atoms with E-state index in [1.165, 1.54) is 24.1 Å². The van der Waals surface area contributed by atoms with Crippen molar-refractivity contribution < 1.29 is 14.0 Å². The molecule has 0 spiro atoms. The normalized spacial score (nSPS) is 10.6. The molecular formula is C20H21FN6O2. The molecule has 3 aromatic rings. The molecule has 0 bridgehead atoms. The lowest BCUT2D eigenvalue weighted by Crippen LogP contribution is -2.37. The molecule has 0 atom stereocenters. The zero-order valence-corrected chi connectivity index (χ0v) is 16.2. The Morgan fingerprint density at radius 2 is 1.97 bits per heavy atom. The van der Waals surface area contributed by atoms with E-state index in [9.17, 15) is 14.0 Å². The van der Waals surface area contributed by atoms with Crippen LogP contribution in [0.2, 0.25) is 0 Å². The predicted molar refractivity (Wildman–Crippen MR) is 105 cm³/mol. The quantitative estimate of drug-likeness (QED) is 0.660. The van der Waals surface area contributed by atoms with Crippen LogP contribution in [0.25, 0.3) is 11.4 Å². The Morgan fingerprint density at radius 1 is 1.17 bits per heavy atom. The van der Waals surface area contributed by atoms with Crippen molar-refractivity contribution in [2.45, 2.75) is 19.9 Å². The lowest BCUT2D eigenvalue weighted by Gasteiger charge is -2.17. The number of carbonyl (C=O) groups excluding carboxylic acids is 2. The summed E-state index contributed by atoms with van der Waals surface area (Å²) in [5.74, 6) is -0.847. The van der Waals surface area contributed by atoms with Crippen molar-refractivity contribution in [3.05, 3.63) is 59.9 Å². The number of tetrazole rings is 1. The Balaban J connectivity index is 1.57. The largest absolute Gasteiger partial charge is 0.335 e. The maximum absolute atomic E-state index is 13.3. The molecule has 1 aromatic heterocycles. The highest BCUT2D eigenvalue weighted by Gasteiger charge is 2.16. The molecule has 0 aliphatic carbocycles. The van der Waals surface area contributed by atoms with Crippen LogP contribution < -0.4 is 5.32 Å². The number of hydrogen-bond donors (Lipinski definition) is 1. The molecule has 3 rings (SSSR count). The van der Waals surface area contributed by atoms with Gasteiger partial charge in [-0.25, -0.2) is 4.39 Å². The number of hydrogen-bond acceptors (Lipinski definition) is 5. The van der Waals surface area contributed by atoms with Gasteiger partial charge in [-0.15, -0.1) is 10.2 Å². The van der Waals surface area contributed by atoms with Crippen LogP contribution in [0.15, 0.2) is 48.5 Å². The molecule has 0 saturated carbocycles. The number of aromatic nitrogens is 4. The van der Waals surface area contributed by atoms with Gasteiger partial charge >= 0.3 is 0 Å². The molecule has 0 aliphatic rings. The third-order valence-corrected chi connectivity index (χ3v) is 4.29. The number of likely N-dealkylation sites (N-methyl/N-ethyl adjacent to an activating group) is 1. The smallest absolute Gasteiger partial charge is 0.246 e. The monoisotopic (exact) mass is 396 g/mol. The number of amides is 2. The Bertz CT molecular complexity index is 1020. The van der Waals surface area contributed by atoms with Gasteiger partial charge in [0.25, 0.3) is 0 Å². The van der Waals surface area contributed by atoms with Crippen LogP contribution in [0.4, 0.5) is 10.1 Å². The van der Waals surface area contributed by atoms with Gasteiger partial charge in [0.2, 0.25) is 17.6 Å². The van der Waals surface area contributed by atoms with Crippen LogP contribution in [0.5, 0.6) is 0 Å².